The van der Waals surface area contributed by atoms with Crippen LogP contribution >= 0.6 is 11.6 Å². The fourth-order valence-corrected chi connectivity index (χ4v) is 2.89. The van der Waals surface area contributed by atoms with Crippen LogP contribution in [0.1, 0.15) is 20.8 Å². The highest BCUT2D eigenvalue weighted by Gasteiger charge is 2.39. The molecular formula is C15H25ClO3Si. The molecule has 1 aromatic rings. The Kier molecular flexibility index (Phi) is 6.07. The van der Waals surface area contributed by atoms with Crippen molar-refractivity contribution >= 4 is 19.9 Å². The van der Waals surface area contributed by atoms with E-state index in [1.165, 1.54) is 0 Å². The number of halogens is 1. The van der Waals surface area contributed by atoms with Gasteiger partial charge in [-0.25, -0.2) is 0 Å². The number of hydrogen-bond acceptors (Lipinski definition) is 3. The maximum absolute atomic E-state index is 9.47. The molecule has 0 aliphatic rings. The highest BCUT2D eigenvalue weighted by atomic mass is 35.5. The molecule has 0 aliphatic carbocycles. The minimum absolute atomic E-state index is 0.0416. The average molecular weight is 317 g/mol. The van der Waals surface area contributed by atoms with Crippen molar-refractivity contribution in [3.8, 4) is 5.75 Å². The molecule has 1 aromatic carbocycles. The molecule has 0 saturated carbocycles. The van der Waals surface area contributed by atoms with Gasteiger partial charge >= 0.3 is 0 Å². The van der Waals surface area contributed by atoms with Crippen LogP contribution in [0.3, 0.4) is 0 Å². The zero-order valence-electron chi connectivity index (χ0n) is 12.9. The number of aliphatic hydroxyl groups is 1. The molecule has 3 nitrogen and oxygen atoms in total. The molecular weight excluding hydrogens is 292 g/mol. The van der Waals surface area contributed by atoms with Crippen molar-refractivity contribution in [3.05, 3.63) is 29.3 Å². The van der Waals surface area contributed by atoms with Crippen molar-refractivity contribution in [2.45, 2.75) is 45.0 Å². The van der Waals surface area contributed by atoms with Gasteiger partial charge in [0.25, 0.3) is 0 Å². The van der Waals surface area contributed by atoms with Gasteiger partial charge in [-0.15, -0.1) is 0 Å². The largest absolute Gasteiger partial charge is 0.491 e. The summed E-state index contributed by atoms with van der Waals surface area (Å²) in [5.74, 6) is 0.728. The van der Waals surface area contributed by atoms with E-state index >= 15 is 0 Å². The Labute approximate surface area is 128 Å². The Morgan fingerprint density at radius 2 is 1.75 bits per heavy atom. The molecule has 0 bridgehead atoms. The second kappa shape index (κ2) is 6.94. The zero-order chi connectivity index (χ0) is 15.4. The van der Waals surface area contributed by atoms with Crippen molar-refractivity contribution in [2.24, 2.45) is 0 Å². The maximum atomic E-state index is 9.47. The van der Waals surface area contributed by atoms with Crippen molar-refractivity contribution < 1.29 is 14.3 Å². The first-order chi connectivity index (χ1) is 9.15. The van der Waals surface area contributed by atoms with Crippen LogP contribution < -0.4 is 4.74 Å². The molecule has 114 valence electrons. The van der Waals surface area contributed by atoms with E-state index in [2.05, 4.69) is 33.9 Å². The molecule has 0 fully saturated rings. The van der Waals surface area contributed by atoms with Gasteiger partial charge in [-0.05, 0) is 42.4 Å². The van der Waals surface area contributed by atoms with Crippen LogP contribution in [0.5, 0.6) is 5.75 Å². The molecule has 0 spiro atoms. The fraction of sp³-hybridized carbons (Fsp3) is 0.600. The van der Waals surface area contributed by atoms with Gasteiger partial charge in [0.2, 0.25) is 0 Å². The lowest BCUT2D eigenvalue weighted by molar-refractivity contribution is 0.0614. The van der Waals surface area contributed by atoms with E-state index in [4.69, 9.17) is 20.8 Å². The highest BCUT2D eigenvalue weighted by molar-refractivity contribution is 6.74. The van der Waals surface area contributed by atoms with E-state index in [0.717, 1.165) is 5.75 Å². The lowest BCUT2D eigenvalue weighted by Gasteiger charge is -2.38. The first-order valence-corrected chi connectivity index (χ1v) is 10.1. The van der Waals surface area contributed by atoms with Crippen LogP contribution in [0.4, 0.5) is 0 Å². The van der Waals surface area contributed by atoms with Gasteiger partial charge in [-0.2, -0.15) is 0 Å². The molecule has 1 atom stereocenters. The predicted octanol–water partition coefficient (Wildman–Crippen LogP) is 4.10. The summed E-state index contributed by atoms with van der Waals surface area (Å²) >= 11 is 5.82. The monoisotopic (exact) mass is 316 g/mol. The van der Waals surface area contributed by atoms with Gasteiger partial charge in [0, 0.05) is 5.02 Å². The molecule has 5 heteroatoms. The zero-order valence-corrected chi connectivity index (χ0v) is 14.7. The predicted molar refractivity (Wildman–Crippen MR) is 86.1 cm³/mol. The lowest BCUT2D eigenvalue weighted by atomic mass is 10.2. The van der Waals surface area contributed by atoms with E-state index in [1.807, 2.05) is 12.1 Å². The van der Waals surface area contributed by atoms with E-state index in [1.54, 1.807) is 12.1 Å². The van der Waals surface area contributed by atoms with E-state index in [0.29, 0.717) is 11.6 Å². The smallest absolute Gasteiger partial charge is 0.192 e. The van der Waals surface area contributed by atoms with Crippen LogP contribution in [0.2, 0.25) is 23.2 Å². The van der Waals surface area contributed by atoms with E-state index < -0.39 is 8.32 Å². The number of benzene rings is 1. The summed E-state index contributed by atoms with van der Waals surface area (Å²) in [7, 11) is -1.90. The molecule has 0 aromatic heterocycles. The Morgan fingerprint density at radius 1 is 1.20 bits per heavy atom. The summed E-state index contributed by atoms with van der Waals surface area (Å²) in [6.07, 6.45) is -0.299. The molecule has 0 heterocycles. The maximum Gasteiger partial charge on any atom is 0.192 e. The van der Waals surface area contributed by atoms with Crippen LogP contribution in [0, 0.1) is 0 Å². The standard InChI is InChI=1S/C15H25ClO3Si/c1-15(2,3)20(4,5)19-14(10-17)11-18-13-8-6-12(16)7-9-13/h6-9,14,17H,10-11H2,1-5H3. The molecule has 0 radical (unpaired) electrons. The van der Waals surface area contributed by atoms with E-state index in [-0.39, 0.29) is 17.7 Å². The van der Waals surface area contributed by atoms with Crippen molar-refractivity contribution in [1.29, 1.82) is 0 Å². The minimum atomic E-state index is -1.90. The quantitative estimate of drug-likeness (QED) is 0.803. The van der Waals surface area contributed by atoms with E-state index in [9.17, 15) is 5.11 Å². The summed E-state index contributed by atoms with van der Waals surface area (Å²) < 4.78 is 11.8. The van der Waals surface area contributed by atoms with Gasteiger partial charge in [-0.1, -0.05) is 32.4 Å². The first-order valence-electron chi connectivity index (χ1n) is 6.83. The van der Waals surface area contributed by atoms with Gasteiger partial charge < -0.3 is 14.3 Å². The van der Waals surface area contributed by atoms with Crippen molar-refractivity contribution in [1.82, 2.24) is 0 Å². The lowest BCUT2D eigenvalue weighted by Crippen LogP contribution is -2.46. The second-order valence-electron chi connectivity index (χ2n) is 6.45. The minimum Gasteiger partial charge on any atom is -0.491 e. The number of aliphatic hydroxyl groups excluding tert-OH is 1. The highest BCUT2D eigenvalue weighted by Crippen LogP contribution is 2.37. The van der Waals surface area contributed by atoms with Gasteiger partial charge in [0.1, 0.15) is 18.5 Å². The Balaban J connectivity index is 2.58. The molecule has 20 heavy (non-hydrogen) atoms. The summed E-state index contributed by atoms with van der Waals surface area (Å²) in [6, 6.07) is 7.17. The third-order valence-corrected chi connectivity index (χ3v) is 8.51. The van der Waals surface area contributed by atoms with Crippen LogP contribution in [0.25, 0.3) is 0 Å². The molecule has 0 saturated heterocycles. The summed E-state index contributed by atoms with van der Waals surface area (Å²) in [5, 5.41) is 10.3. The fourth-order valence-electron chi connectivity index (χ4n) is 1.44. The van der Waals surface area contributed by atoms with Crippen molar-refractivity contribution in [2.75, 3.05) is 13.2 Å². The van der Waals surface area contributed by atoms with Crippen molar-refractivity contribution in [3.63, 3.8) is 0 Å². The average Bonchev–Trinajstić information content (AvgIpc) is 2.35. The van der Waals surface area contributed by atoms with Gasteiger partial charge in [0.05, 0.1) is 6.61 Å². The Bertz CT molecular complexity index is 412. The van der Waals surface area contributed by atoms with Gasteiger partial charge in [-0.3, -0.25) is 0 Å². The Morgan fingerprint density at radius 3 is 2.20 bits per heavy atom. The molecule has 1 unspecified atom stereocenters. The first kappa shape index (κ1) is 17.5. The third kappa shape index (κ3) is 5.09. The SMILES string of the molecule is CC(C)(C)[Si](C)(C)OC(CO)COc1ccc(Cl)cc1. The Hall–Kier alpha value is -0.553. The summed E-state index contributed by atoms with van der Waals surface area (Å²) in [5.41, 5.74) is 0. The number of rotatable bonds is 6. The number of ether oxygens (including phenoxy) is 1. The molecule has 1 rings (SSSR count). The van der Waals surface area contributed by atoms with Gasteiger partial charge in [0.15, 0.2) is 8.32 Å². The molecule has 0 aliphatic heterocycles. The normalized spacial score (nSPS) is 14.2. The second-order valence-corrected chi connectivity index (χ2v) is 11.6. The third-order valence-electron chi connectivity index (χ3n) is 3.72. The summed E-state index contributed by atoms with van der Waals surface area (Å²) in [6.45, 7) is 11.1. The summed E-state index contributed by atoms with van der Waals surface area (Å²) in [4.78, 5) is 0. The topological polar surface area (TPSA) is 38.7 Å². The molecule has 0 amide bonds. The number of hydrogen-bond donors (Lipinski definition) is 1. The van der Waals surface area contributed by atoms with Crippen LogP contribution in [-0.4, -0.2) is 32.7 Å². The molecule has 1 N–H and O–H groups in total. The van der Waals surface area contributed by atoms with Crippen LogP contribution in [0.15, 0.2) is 24.3 Å². The van der Waals surface area contributed by atoms with Crippen LogP contribution in [-0.2, 0) is 4.43 Å².